The van der Waals surface area contributed by atoms with Gasteiger partial charge in [0.1, 0.15) is 11.6 Å². The summed E-state index contributed by atoms with van der Waals surface area (Å²) < 4.78 is 1.32. The van der Waals surface area contributed by atoms with Crippen molar-refractivity contribution in [3.05, 3.63) is 32.6 Å². The van der Waals surface area contributed by atoms with E-state index < -0.39 is 11.2 Å². The van der Waals surface area contributed by atoms with Crippen LogP contribution in [0.3, 0.4) is 0 Å². The molecule has 0 amide bonds. The molecular weight excluding hydrogens is 234 g/mol. The van der Waals surface area contributed by atoms with Crippen LogP contribution in [-0.2, 0) is 0 Å². The van der Waals surface area contributed by atoms with Gasteiger partial charge < -0.3 is 5.11 Å². The lowest BCUT2D eigenvalue weighted by Gasteiger charge is -2.31. The number of rotatable bonds is 3. The van der Waals surface area contributed by atoms with Crippen molar-refractivity contribution in [1.29, 1.82) is 5.26 Å². The van der Waals surface area contributed by atoms with E-state index in [0.717, 1.165) is 0 Å². The monoisotopic (exact) mass is 251 g/mol. The number of hydrogen-bond acceptors (Lipinski definition) is 4. The molecule has 0 bridgehead atoms. The van der Waals surface area contributed by atoms with E-state index in [1.54, 1.807) is 6.07 Å². The summed E-state index contributed by atoms with van der Waals surface area (Å²) in [5, 5.41) is 17.9. The second-order valence-corrected chi connectivity index (χ2v) is 5.22. The van der Waals surface area contributed by atoms with Gasteiger partial charge in [-0.15, -0.1) is 0 Å². The van der Waals surface area contributed by atoms with Crippen molar-refractivity contribution in [3.8, 4) is 6.07 Å². The Morgan fingerprint density at radius 3 is 2.56 bits per heavy atom. The van der Waals surface area contributed by atoms with E-state index in [-0.39, 0.29) is 23.6 Å². The quantitative estimate of drug-likeness (QED) is 0.811. The number of aliphatic hydroxyl groups excluding tert-OH is 1. The van der Waals surface area contributed by atoms with E-state index in [2.05, 4.69) is 4.98 Å². The first-order valence-corrected chi connectivity index (χ1v) is 5.67. The van der Waals surface area contributed by atoms with Crippen LogP contribution in [0.4, 0.5) is 0 Å². The molecule has 0 fully saturated rings. The van der Waals surface area contributed by atoms with Crippen LogP contribution in [0.5, 0.6) is 0 Å². The Labute approximate surface area is 105 Å². The van der Waals surface area contributed by atoms with Gasteiger partial charge in [-0.1, -0.05) is 20.8 Å². The maximum atomic E-state index is 11.8. The Balaban J connectivity index is 3.43. The highest BCUT2D eigenvalue weighted by Crippen LogP contribution is 2.31. The standard InChI is InChI=1S/C12H17N3O3/c1-12(2,3)9(4-5-16)15-7-8(6-13)10(17)14-11(15)18/h7,9,16H,4-5H2,1-3H3,(H,14,17,18). The number of aliphatic hydroxyl groups is 1. The number of nitrogens with one attached hydrogen (secondary N) is 1. The first-order valence-electron chi connectivity index (χ1n) is 5.67. The van der Waals surface area contributed by atoms with E-state index in [1.165, 1.54) is 10.8 Å². The van der Waals surface area contributed by atoms with Gasteiger partial charge in [0.2, 0.25) is 0 Å². The summed E-state index contributed by atoms with van der Waals surface area (Å²) in [4.78, 5) is 25.2. The summed E-state index contributed by atoms with van der Waals surface area (Å²) in [6, 6.07) is 1.45. The number of hydrogen-bond donors (Lipinski definition) is 2. The van der Waals surface area contributed by atoms with Crippen LogP contribution in [0.2, 0.25) is 0 Å². The van der Waals surface area contributed by atoms with E-state index in [9.17, 15) is 9.59 Å². The van der Waals surface area contributed by atoms with Gasteiger partial charge in [-0.2, -0.15) is 5.26 Å². The highest BCUT2D eigenvalue weighted by Gasteiger charge is 2.27. The van der Waals surface area contributed by atoms with Crippen LogP contribution in [0, 0.1) is 16.7 Å². The minimum atomic E-state index is -0.685. The Hall–Kier alpha value is -1.87. The van der Waals surface area contributed by atoms with Crippen molar-refractivity contribution >= 4 is 0 Å². The van der Waals surface area contributed by atoms with Crippen molar-refractivity contribution in [3.63, 3.8) is 0 Å². The molecule has 0 spiro atoms. The van der Waals surface area contributed by atoms with Crippen LogP contribution in [0.25, 0.3) is 0 Å². The molecule has 1 aromatic heterocycles. The summed E-state index contributed by atoms with van der Waals surface area (Å²) in [7, 11) is 0. The van der Waals surface area contributed by atoms with E-state index in [0.29, 0.717) is 6.42 Å². The zero-order valence-electron chi connectivity index (χ0n) is 10.7. The lowest BCUT2D eigenvalue weighted by Crippen LogP contribution is -2.38. The molecule has 0 aliphatic rings. The SMILES string of the molecule is CC(C)(C)C(CCO)n1cc(C#N)c(=O)[nH]c1=O. The molecule has 98 valence electrons. The predicted molar refractivity (Wildman–Crippen MR) is 66.2 cm³/mol. The average molecular weight is 251 g/mol. The van der Waals surface area contributed by atoms with Crippen molar-refractivity contribution in [2.45, 2.75) is 33.2 Å². The van der Waals surface area contributed by atoms with Crippen molar-refractivity contribution in [2.24, 2.45) is 5.41 Å². The first-order chi connectivity index (χ1) is 8.31. The van der Waals surface area contributed by atoms with Gasteiger partial charge in [0.15, 0.2) is 0 Å². The molecule has 18 heavy (non-hydrogen) atoms. The fourth-order valence-corrected chi connectivity index (χ4v) is 1.91. The first kappa shape index (κ1) is 14.2. The maximum Gasteiger partial charge on any atom is 0.328 e. The molecule has 2 N–H and O–H groups in total. The summed E-state index contributed by atoms with van der Waals surface area (Å²) in [5.74, 6) is 0. The Morgan fingerprint density at radius 1 is 1.50 bits per heavy atom. The Morgan fingerprint density at radius 2 is 2.11 bits per heavy atom. The minimum Gasteiger partial charge on any atom is -0.396 e. The normalized spacial score (nSPS) is 13.1. The average Bonchev–Trinajstić information content (AvgIpc) is 2.25. The van der Waals surface area contributed by atoms with Gasteiger partial charge >= 0.3 is 5.69 Å². The van der Waals surface area contributed by atoms with Gasteiger partial charge in [0.25, 0.3) is 5.56 Å². The van der Waals surface area contributed by atoms with E-state index >= 15 is 0 Å². The third-order valence-electron chi connectivity index (χ3n) is 2.83. The van der Waals surface area contributed by atoms with Gasteiger partial charge in [0.05, 0.1) is 0 Å². The van der Waals surface area contributed by atoms with Gasteiger partial charge in [-0.25, -0.2) is 4.79 Å². The molecule has 1 atom stereocenters. The summed E-state index contributed by atoms with van der Waals surface area (Å²) >= 11 is 0. The predicted octanol–water partition coefficient (Wildman–Crippen LogP) is 0.378. The third kappa shape index (κ3) is 2.87. The molecule has 0 radical (unpaired) electrons. The molecule has 1 rings (SSSR count). The molecular formula is C12H17N3O3. The summed E-state index contributed by atoms with van der Waals surface area (Å²) in [6.45, 7) is 5.71. The summed E-state index contributed by atoms with van der Waals surface area (Å²) in [6.07, 6.45) is 1.63. The zero-order valence-corrected chi connectivity index (χ0v) is 10.7. The van der Waals surface area contributed by atoms with E-state index in [1.807, 2.05) is 20.8 Å². The van der Waals surface area contributed by atoms with Crippen molar-refractivity contribution in [1.82, 2.24) is 9.55 Å². The highest BCUT2D eigenvalue weighted by molar-refractivity contribution is 5.22. The van der Waals surface area contributed by atoms with Crippen molar-refractivity contribution in [2.75, 3.05) is 6.61 Å². The number of nitriles is 1. The second kappa shape index (κ2) is 5.19. The van der Waals surface area contributed by atoms with Gasteiger partial charge in [0, 0.05) is 18.8 Å². The largest absolute Gasteiger partial charge is 0.396 e. The fourth-order valence-electron chi connectivity index (χ4n) is 1.91. The van der Waals surface area contributed by atoms with Gasteiger partial charge in [-0.3, -0.25) is 14.3 Å². The Bertz CT molecular complexity index is 572. The number of aromatic amines is 1. The van der Waals surface area contributed by atoms with Crippen LogP contribution in [0.15, 0.2) is 15.8 Å². The summed E-state index contributed by atoms with van der Waals surface area (Å²) in [5.41, 5.74) is -1.64. The third-order valence-corrected chi connectivity index (χ3v) is 2.83. The molecule has 1 heterocycles. The van der Waals surface area contributed by atoms with Crippen LogP contribution in [-0.4, -0.2) is 21.3 Å². The van der Waals surface area contributed by atoms with Crippen LogP contribution in [0.1, 0.15) is 38.8 Å². The molecule has 6 heteroatoms. The maximum absolute atomic E-state index is 11.8. The number of aromatic nitrogens is 2. The molecule has 0 saturated carbocycles. The fraction of sp³-hybridized carbons (Fsp3) is 0.583. The Kier molecular flexibility index (Phi) is 4.09. The van der Waals surface area contributed by atoms with Crippen LogP contribution < -0.4 is 11.2 Å². The molecule has 1 unspecified atom stereocenters. The highest BCUT2D eigenvalue weighted by atomic mass is 16.3. The molecule has 0 saturated heterocycles. The van der Waals surface area contributed by atoms with Crippen molar-refractivity contribution < 1.29 is 5.11 Å². The molecule has 0 aliphatic carbocycles. The lowest BCUT2D eigenvalue weighted by molar-refractivity contribution is 0.173. The smallest absolute Gasteiger partial charge is 0.328 e. The molecule has 0 aromatic carbocycles. The van der Waals surface area contributed by atoms with Gasteiger partial charge in [-0.05, 0) is 11.8 Å². The molecule has 6 nitrogen and oxygen atoms in total. The zero-order chi connectivity index (χ0) is 13.9. The number of H-pyrrole nitrogens is 1. The molecule has 1 aromatic rings. The lowest BCUT2D eigenvalue weighted by atomic mass is 9.84. The minimum absolute atomic E-state index is 0.0740. The van der Waals surface area contributed by atoms with E-state index in [4.69, 9.17) is 10.4 Å². The topological polar surface area (TPSA) is 98.9 Å². The second-order valence-electron chi connectivity index (χ2n) is 5.22. The molecule has 0 aliphatic heterocycles. The number of nitrogens with zero attached hydrogens (tertiary/aromatic N) is 2. The van der Waals surface area contributed by atoms with Crippen LogP contribution >= 0.6 is 0 Å².